The van der Waals surface area contributed by atoms with E-state index < -0.39 is 83.7 Å². The molecule has 0 saturated heterocycles. The van der Waals surface area contributed by atoms with Gasteiger partial charge in [-0.2, -0.15) is 0 Å². The highest BCUT2D eigenvalue weighted by Crippen LogP contribution is 2.11. The average molecular weight is 937 g/mol. The second kappa shape index (κ2) is 34.0. The third kappa shape index (κ3) is 24.7. The van der Waals surface area contributed by atoms with E-state index in [0.717, 1.165) is 0 Å². The van der Waals surface area contributed by atoms with Gasteiger partial charge in [-0.3, -0.25) is 33.8 Å². The van der Waals surface area contributed by atoms with E-state index in [1.807, 2.05) is 13.8 Å². The number of hydrogen-bond donors (Lipinski definition) is 15. The number of imidazole rings is 1. The lowest BCUT2D eigenvalue weighted by molar-refractivity contribution is -0.142. The molecule has 22 N–H and O–H groups in total. The number of unbranched alkanes of at least 4 members (excludes halogenated alkanes) is 4. The molecule has 1 heterocycles. The smallest absolute Gasteiger partial charge is 0.326 e. The molecule has 24 nitrogen and oxygen atoms in total. The van der Waals surface area contributed by atoms with Crippen molar-refractivity contribution in [1.29, 1.82) is 0 Å². The molecular weight excluding hydrogens is 857 g/mol. The summed E-state index contributed by atoms with van der Waals surface area (Å²) in [5.41, 5.74) is 40.5. The van der Waals surface area contributed by atoms with Crippen LogP contribution in [0.1, 0.15) is 116 Å². The Morgan fingerprint density at radius 3 is 1.23 bits per heavy atom. The fourth-order valence-electron chi connectivity index (χ4n) is 6.89. The molecule has 66 heavy (non-hydrogen) atoms. The number of carbonyl (C=O) groups excluding carboxylic acids is 6. The first-order valence-electron chi connectivity index (χ1n) is 23.1. The topological polar surface area (TPSA) is 435 Å². The van der Waals surface area contributed by atoms with Gasteiger partial charge in [-0.1, -0.05) is 13.8 Å². The molecule has 0 aliphatic carbocycles. The molecule has 0 aliphatic heterocycles. The number of guanidine groups is 1. The highest BCUT2D eigenvalue weighted by atomic mass is 16.4. The van der Waals surface area contributed by atoms with Crippen LogP contribution >= 0.6 is 0 Å². The Hall–Kier alpha value is -5.43. The molecule has 1 rings (SSSR count). The largest absolute Gasteiger partial charge is 0.480 e. The van der Waals surface area contributed by atoms with Gasteiger partial charge in [0, 0.05) is 24.9 Å². The highest BCUT2D eigenvalue weighted by Gasteiger charge is 2.33. The molecule has 0 unspecified atom stereocenters. The van der Waals surface area contributed by atoms with Gasteiger partial charge in [0.2, 0.25) is 35.4 Å². The molecule has 0 radical (unpaired) electrons. The summed E-state index contributed by atoms with van der Waals surface area (Å²) in [5, 5.41) is 26.1. The number of aliphatic carboxylic acids is 1. The van der Waals surface area contributed by atoms with E-state index >= 15 is 0 Å². The van der Waals surface area contributed by atoms with Crippen LogP contribution in [0.3, 0.4) is 0 Å². The number of amides is 6. The Morgan fingerprint density at radius 2 is 0.924 bits per heavy atom. The van der Waals surface area contributed by atoms with Crippen LogP contribution in [0.4, 0.5) is 0 Å². The summed E-state index contributed by atoms with van der Waals surface area (Å²) in [6, 6.07) is -8.11. The van der Waals surface area contributed by atoms with Crippen molar-refractivity contribution in [2.45, 2.75) is 159 Å². The third-order valence-electron chi connectivity index (χ3n) is 10.6. The van der Waals surface area contributed by atoms with E-state index in [-0.39, 0.29) is 56.9 Å². The standard InChI is InChI=1S/C42H80N16O8/c1-26(2)22-28(47)35(59)53-33(16-11-21-51-42(48)49)39(63)56-31(14-5-9-19-45)37(61)54-29(12-3-7-17-43)36(60)55-30(13-4-8-18-44)38(62)57-32(15-6-10-20-46)40(64)58-34(41(65)66)23-27-24-50-25-52-27/h24-26,28-34H,3-23,43-47H2,1-2H3,(H,50,52)(H,53,59)(H,54,61)(H,55,60)(H,56,63)(H,57,62)(H,58,64)(H,65,66)(H4,48,49,51)/t28-,29-,30-,31-,32-,33-,34-/m0/s1. The Bertz CT molecular complexity index is 1630. The Labute approximate surface area is 388 Å². The van der Waals surface area contributed by atoms with Gasteiger partial charge >= 0.3 is 5.97 Å². The minimum absolute atomic E-state index is 0.0951. The summed E-state index contributed by atoms with van der Waals surface area (Å²) in [4.78, 5) is 106. The highest BCUT2D eigenvalue weighted by molar-refractivity contribution is 5.97. The second-order valence-corrected chi connectivity index (χ2v) is 16.8. The number of hydrogen-bond acceptors (Lipinski definition) is 14. The van der Waals surface area contributed by atoms with Gasteiger partial charge in [-0.05, 0) is 128 Å². The summed E-state index contributed by atoms with van der Waals surface area (Å²) in [6.07, 6.45) is 7.72. The Balaban J connectivity index is 3.43. The molecule has 6 amide bonds. The lowest BCUT2D eigenvalue weighted by Gasteiger charge is -2.28. The van der Waals surface area contributed by atoms with E-state index in [1.165, 1.54) is 12.5 Å². The zero-order valence-electron chi connectivity index (χ0n) is 38.9. The van der Waals surface area contributed by atoms with Crippen molar-refractivity contribution in [3.05, 3.63) is 18.2 Å². The quantitative estimate of drug-likeness (QED) is 0.0178. The molecule has 0 spiro atoms. The van der Waals surface area contributed by atoms with Crippen LogP contribution in [0.2, 0.25) is 0 Å². The zero-order chi connectivity index (χ0) is 49.4. The van der Waals surface area contributed by atoms with Crippen molar-refractivity contribution in [3.63, 3.8) is 0 Å². The molecule has 7 atom stereocenters. The van der Waals surface area contributed by atoms with Crippen LogP contribution in [0.25, 0.3) is 0 Å². The Morgan fingerprint density at radius 1 is 0.576 bits per heavy atom. The van der Waals surface area contributed by atoms with E-state index in [2.05, 4.69) is 46.9 Å². The van der Waals surface area contributed by atoms with Crippen LogP contribution < -0.4 is 72.0 Å². The summed E-state index contributed by atoms with van der Waals surface area (Å²) >= 11 is 0. The van der Waals surface area contributed by atoms with Crippen molar-refractivity contribution >= 4 is 47.4 Å². The maximum Gasteiger partial charge on any atom is 0.326 e. The molecule has 24 heteroatoms. The summed E-state index contributed by atoms with van der Waals surface area (Å²) < 4.78 is 0. The summed E-state index contributed by atoms with van der Waals surface area (Å²) in [6.45, 7) is 5.23. The number of carboxylic acids is 1. The van der Waals surface area contributed by atoms with Gasteiger partial charge in [0.1, 0.15) is 36.3 Å². The minimum atomic E-state index is -1.35. The molecule has 0 aromatic carbocycles. The molecule has 0 fully saturated rings. The van der Waals surface area contributed by atoms with Crippen molar-refractivity contribution in [3.8, 4) is 0 Å². The lowest BCUT2D eigenvalue weighted by Crippen LogP contribution is -2.59. The SMILES string of the molecule is CC(C)C[C@H](N)C(=O)N[C@@H](CCCN=C(N)N)C(=O)N[C@@H](CCCCN)C(=O)N[C@@H](CCCCN)C(=O)N[C@@H](CCCCN)C(=O)N[C@@H](CCCCN)C(=O)N[C@@H](Cc1cnc[nH]1)C(=O)O. The fraction of sp³-hybridized carbons (Fsp3) is 0.738. The first-order chi connectivity index (χ1) is 31.5. The van der Waals surface area contributed by atoms with E-state index in [4.69, 9.17) is 40.1 Å². The predicted octanol–water partition coefficient (Wildman–Crippen LogP) is -3.11. The maximum absolute atomic E-state index is 14.2. The van der Waals surface area contributed by atoms with E-state index in [1.54, 1.807) is 0 Å². The number of nitrogens with zero attached hydrogens (tertiary/aromatic N) is 2. The van der Waals surface area contributed by atoms with Crippen molar-refractivity contribution in [2.75, 3.05) is 32.7 Å². The molecule has 376 valence electrons. The monoisotopic (exact) mass is 937 g/mol. The number of aromatic nitrogens is 2. The van der Waals surface area contributed by atoms with Gasteiger partial charge in [0.15, 0.2) is 5.96 Å². The van der Waals surface area contributed by atoms with Crippen LogP contribution in [0.5, 0.6) is 0 Å². The van der Waals surface area contributed by atoms with E-state index in [9.17, 15) is 38.7 Å². The number of aliphatic imine (C=N–C) groups is 1. The van der Waals surface area contributed by atoms with Gasteiger partial charge in [0.25, 0.3) is 0 Å². The molecule has 1 aromatic heterocycles. The van der Waals surface area contributed by atoms with Gasteiger partial charge in [-0.15, -0.1) is 0 Å². The number of carboxylic acid groups (broad SMARTS) is 1. The molecule has 0 aliphatic rings. The maximum atomic E-state index is 14.2. The van der Waals surface area contributed by atoms with Crippen molar-refractivity contribution in [1.82, 2.24) is 41.9 Å². The lowest BCUT2D eigenvalue weighted by atomic mass is 10.0. The Kier molecular flexibility index (Phi) is 30.1. The molecule has 0 saturated carbocycles. The number of H-pyrrole nitrogens is 1. The van der Waals surface area contributed by atoms with Crippen LogP contribution in [0, 0.1) is 5.92 Å². The molecule has 0 bridgehead atoms. The van der Waals surface area contributed by atoms with Gasteiger partial charge in [-0.25, -0.2) is 9.78 Å². The van der Waals surface area contributed by atoms with Crippen LogP contribution in [-0.4, -0.2) is 137 Å². The summed E-state index contributed by atoms with van der Waals surface area (Å²) in [5.74, 6) is -5.41. The van der Waals surface area contributed by atoms with Crippen LogP contribution in [-0.2, 0) is 40.0 Å². The first-order valence-corrected chi connectivity index (χ1v) is 23.1. The molecular formula is C42H80N16O8. The number of aromatic amines is 1. The number of nitrogens with one attached hydrogen (secondary N) is 7. The fourth-order valence-corrected chi connectivity index (χ4v) is 6.89. The van der Waals surface area contributed by atoms with E-state index in [0.29, 0.717) is 96.1 Å². The normalized spacial score (nSPS) is 14.4. The summed E-state index contributed by atoms with van der Waals surface area (Å²) in [7, 11) is 0. The predicted molar refractivity (Wildman–Crippen MR) is 250 cm³/mol. The van der Waals surface area contributed by atoms with Gasteiger partial charge in [0.05, 0.1) is 12.4 Å². The first kappa shape index (κ1) is 58.6. The number of rotatable bonds is 37. The van der Waals surface area contributed by atoms with Gasteiger partial charge < -0.3 is 82.1 Å². The third-order valence-corrected chi connectivity index (χ3v) is 10.6. The minimum Gasteiger partial charge on any atom is -0.480 e. The second-order valence-electron chi connectivity index (χ2n) is 16.8. The van der Waals surface area contributed by atoms with Crippen LogP contribution in [0.15, 0.2) is 17.5 Å². The number of carbonyl (C=O) groups is 7. The average Bonchev–Trinajstić information content (AvgIpc) is 3.78. The van der Waals surface area contributed by atoms with Crippen molar-refractivity contribution in [2.24, 2.45) is 51.0 Å². The molecule has 1 aromatic rings. The van der Waals surface area contributed by atoms with Crippen molar-refractivity contribution < 1.29 is 38.7 Å². The number of nitrogens with two attached hydrogens (primary N) is 7. The zero-order valence-corrected chi connectivity index (χ0v) is 38.9.